The molecule has 92 valence electrons. The molecular formula is C11H14ClN3O2. The molecule has 0 atom stereocenters. The highest BCUT2D eigenvalue weighted by atomic mass is 35.5. The number of carbonyl (C=O) groups is 1. The van der Waals surface area contributed by atoms with Gasteiger partial charge in [0, 0.05) is 5.69 Å². The van der Waals surface area contributed by atoms with Crippen molar-refractivity contribution in [1.82, 2.24) is 14.9 Å². The summed E-state index contributed by atoms with van der Waals surface area (Å²) in [7, 11) is 0. The van der Waals surface area contributed by atoms with Crippen molar-refractivity contribution in [2.75, 3.05) is 13.1 Å². The Balaban J connectivity index is 2.11. The summed E-state index contributed by atoms with van der Waals surface area (Å²) in [6.45, 7) is 4.35. The van der Waals surface area contributed by atoms with Crippen molar-refractivity contribution in [1.29, 1.82) is 0 Å². The maximum Gasteiger partial charge on any atom is 0.272 e. The van der Waals surface area contributed by atoms with Gasteiger partial charge in [0.15, 0.2) is 0 Å². The van der Waals surface area contributed by atoms with Crippen LogP contribution in [0.25, 0.3) is 0 Å². The molecule has 0 saturated carbocycles. The molecule has 2 heterocycles. The molecule has 5 nitrogen and oxygen atoms in total. The van der Waals surface area contributed by atoms with Gasteiger partial charge in [0.2, 0.25) is 5.28 Å². The fraction of sp³-hybridized carbons (Fsp3) is 0.545. The predicted molar refractivity (Wildman–Crippen MR) is 62.9 cm³/mol. The standard InChI is InChI=1S/C11H14ClN3O2/c1-3-11(17)5-15(6-11)9(16)8-4-7(2)13-10(12)14-8/h4,17H,3,5-6H2,1-2H3. The van der Waals surface area contributed by atoms with E-state index in [2.05, 4.69) is 9.97 Å². The van der Waals surface area contributed by atoms with Crippen LogP contribution in [0.2, 0.25) is 5.28 Å². The molecule has 1 aromatic rings. The molecule has 1 fully saturated rings. The lowest BCUT2D eigenvalue weighted by molar-refractivity contribution is -0.0828. The van der Waals surface area contributed by atoms with E-state index in [0.29, 0.717) is 25.2 Å². The van der Waals surface area contributed by atoms with Gasteiger partial charge < -0.3 is 10.0 Å². The average molecular weight is 256 g/mol. The first kappa shape index (κ1) is 12.3. The molecule has 1 aromatic heterocycles. The molecule has 2 rings (SSSR count). The highest BCUT2D eigenvalue weighted by Crippen LogP contribution is 2.25. The number of nitrogens with zero attached hydrogens (tertiary/aromatic N) is 3. The molecular weight excluding hydrogens is 242 g/mol. The van der Waals surface area contributed by atoms with Gasteiger partial charge in [0.1, 0.15) is 5.69 Å². The maximum atomic E-state index is 12.0. The van der Waals surface area contributed by atoms with Gasteiger partial charge in [-0.3, -0.25) is 4.79 Å². The summed E-state index contributed by atoms with van der Waals surface area (Å²) in [5.41, 5.74) is 0.196. The van der Waals surface area contributed by atoms with E-state index < -0.39 is 5.60 Å². The van der Waals surface area contributed by atoms with E-state index in [0.717, 1.165) is 0 Å². The third-order valence-corrected chi connectivity index (χ3v) is 3.13. The van der Waals surface area contributed by atoms with Gasteiger partial charge in [-0.1, -0.05) is 6.92 Å². The first-order valence-corrected chi connectivity index (χ1v) is 5.84. The van der Waals surface area contributed by atoms with E-state index in [9.17, 15) is 9.90 Å². The maximum absolute atomic E-state index is 12.0. The second-order valence-electron chi connectivity index (χ2n) is 4.40. The number of aromatic nitrogens is 2. The Bertz CT molecular complexity index is 438. The fourth-order valence-corrected chi connectivity index (χ4v) is 2.06. The number of hydrogen-bond donors (Lipinski definition) is 1. The Morgan fingerprint density at radius 2 is 2.24 bits per heavy atom. The Kier molecular flexibility index (Phi) is 3.05. The number of β-amino-alcohol motifs (C(OH)–C–C–N with tert-alkyl or cyclic N) is 1. The first-order chi connectivity index (χ1) is 7.93. The summed E-state index contributed by atoms with van der Waals surface area (Å²) in [4.78, 5) is 21.3. The molecule has 1 N–H and O–H groups in total. The molecule has 6 heteroatoms. The van der Waals surface area contributed by atoms with E-state index in [1.165, 1.54) is 0 Å². The van der Waals surface area contributed by atoms with E-state index in [1.54, 1.807) is 17.9 Å². The van der Waals surface area contributed by atoms with Crippen LogP contribution in [-0.4, -0.2) is 44.6 Å². The van der Waals surface area contributed by atoms with Crippen LogP contribution >= 0.6 is 11.6 Å². The Labute approximate surface area is 104 Å². The molecule has 0 bridgehead atoms. The summed E-state index contributed by atoms with van der Waals surface area (Å²) < 4.78 is 0. The average Bonchev–Trinajstić information content (AvgIpc) is 2.22. The molecule has 1 aliphatic heterocycles. The Hall–Kier alpha value is -1.20. The molecule has 1 aliphatic rings. The van der Waals surface area contributed by atoms with Crippen molar-refractivity contribution in [3.63, 3.8) is 0 Å². The number of halogens is 1. The minimum Gasteiger partial charge on any atom is -0.386 e. The van der Waals surface area contributed by atoms with Gasteiger partial charge in [0.25, 0.3) is 5.91 Å². The lowest BCUT2D eigenvalue weighted by Crippen LogP contribution is -2.63. The molecule has 0 radical (unpaired) electrons. The van der Waals surface area contributed by atoms with E-state index in [1.807, 2.05) is 6.92 Å². The van der Waals surface area contributed by atoms with Crippen LogP contribution in [-0.2, 0) is 0 Å². The Morgan fingerprint density at radius 1 is 1.59 bits per heavy atom. The van der Waals surface area contributed by atoms with Crippen molar-refractivity contribution in [2.24, 2.45) is 0 Å². The summed E-state index contributed by atoms with van der Waals surface area (Å²) in [5, 5.41) is 9.91. The number of carbonyl (C=O) groups excluding carboxylic acids is 1. The number of rotatable bonds is 2. The molecule has 1 amide bonds. The highest BCUT2D eigenvalue weighted by Gasteiger charge is 2.42. The van der Waals surface area contributed by atoms with Gasteiger partial charge in [-0.15, -0.1) is 0 Å². The largest absolute Gasteiger partial charge is 0.386 e. The van der Waals surface area contributed by atoms with Gasteiger partial charge in [-0.25, -0.2) is 9.97 Å². The number of aliphatic hydroxyl groups is 1. The molecule has 17 heavy (non-hydrogen) atoms. The van der Waals surface area contributed by atoms with E-state index in [4.69, 9.17) is 11.6 Å². The zero-order valence-corrected chi connectivity index (χ0v) is 10.5. The quantitative estimate of drug-likeness (QED) is 0.802. The van der Waals surface area contributed by atoms with E-state index >= 15 is 0 Å². The fourth-order valence-electron chi connectivity index (χ4n) is 1.84. The van der Waals surface area contributed by atoms with Crippen molar-refractivity contribution < 1.29 is 9.90 Å². The Morgan fingerprint density at radius 3 is 2.76 bits per heavy atom. The van der Waals surface area contributed by atoms with Gasteiger partial charge in [-0.05, 0) is 31.0 Å². The van der Waals surface area contributed by atoms with Crippen LogP contribution in [0.5, 0.6) is 0 Å². The third kappa shape index (κ3) is 2.40. The van der Waals surface area contributed by atoms with Crippen LogP contribution in [0, 0.1) is 6.92 Å². The van der Waals surface area contributed by atoms with Crippen LogP contribution in [0.15, 0.2) is 6.07 Å². The van der Waals surface area contributed by atoms with Crippen LogP contribution in [0.3, 0.4) is 0 Å². The summed E-state index contributed by atoms with van der Waals surface area (Å²) in [6.07, 6.45) is 0.639. The summed E-state index contributed by atoms with van der Waals surface area (Å²) in [6, 6.07) is 1.59. The molecule has 1 saturated heterocycles. The van der Waals surface area contributed by atoms with E-state index in [-0.39, 0.29) is 16.9 Å². The van der Waals surface area contributed by atoms with Gasteiger partial charge in [0.05, 0.1) is 18.7 Å². The molecule has 0 spiro atoms. The van der Waals surface area contributed by atoms with Gasteiger partial charge >= 0.3 is 0 Å². The number of likely N-dealkylation sites (tertiary alicyclic amines) is 1. The normalized spacial score (nSPS) is 17.8. The van der Waals surface area contributed by atoms with Crippen LogP contribution in [0.4, 0.5) is 0 Å². The third-order valence-electron chi connectivity index (χ3n) is 2.96. The SMILES string of the molecule is CCC1(O)CN(C(=O)c2cc(C)nc(Cl)n2)C1. The number of amides is 1. The van der Waals surface area contributed by atoms with Crippen LogP contribution in [0.1, 0.15) is 29.5 Å². The summed E-state index contributed by atoms with van der Waals surface area (Å²) in [5.74, 6) is -0.212. The second-order valence-corrected chi connectivity index (χ2v) is 4.74. The summed E-state index contributed by atoms with van der Waals surface area (Å²) >= 11 is 5.70. The molecule has 0 aliphatic carbocycles. The lowest BCUT2D eigenvalue weighted by Gasteiger charge is -2.45. The monoisotopic (exact) mass is 255 g/mol. The van der Waals surface area contributed by atoms with Crippen molar-refractivity contribution in [3.05, 3.63) is 22.7 Å². The zero-order chi connectivity index (χ0) is 12.6. The lowest BCUT2D eigenvalue weighted by atomic mass is 9.91. The highest BCUT2D eigenvalue weighted by molar-refractivity contribution is 6.28. The van der Waals surface area contributed by atoms with Gasteiger partial charge in [-0.2, -0.15) is 0 Å². The number of hydrogen-bond acceptors (Lipinski definition) is 4. The number of aryl methyl sites for hydroxylation is 1. The minimum absolute atomic E-state index is 0.0691. The zero-order valence-electron chi connectivity index (χ0n) is 9.77. The predicted octanol–water partition coefficient (Wildman–Crippen LogP) is 1.04. The first-order valence-electron chi connectivity index (χ1n) is 5.46. The van der Waals surface area contributed by atoms with Crippen molar-refractivity contribution in [2.45, 2.75) is 25.9 Å². The minimum atomic E-state index is -0.735. The smallest absolute Gasteiger partial charge is 0.272 e. The van der Waals surface area contributed by atoms with Crippen molar-refractivity contribution >= 4 is 17.5 Å². The topological polar surface area (TPSA) is 66.3 Å². The van der Waals surface area contributed by atoms with Crippen molar-refractivity contribution in [3.8, 4) is 0 Å². The van der Waals surface area contributed by atoms with Crippen LogP contribution < -0.4 is 0 Å². The molecule has 0 unspecified atom stereocenters. The molecule has 0 aromatic carbocycles. The second kappa shape index (κ2) is 4.23.